The maximum absolute atomic E-state index is 13.1. The molecule has 30 heavy (non-hydrogen) atoms. The van der Waals surface area contributed by atoms with Crippen LogP contribution in [0.25, 0.3) is 11.1 Å². The third kappa shape index (κ3) is 3.45. The van der Waals surface area contributed by atoms with Crippen LogP contribution >= 0.6 is 11.6 Å². The summed E-state index contributed by atoms with van der Waals surface area (Å²) in [4.78, 5) is 33.3. The Kier molecular flexibility index (Phi) is 4.95. The molecule has 2 aromatic carbocycles. The zero-order valence-corrected chi connectivity index (χ0v) is 17.3. The van der Waals surface area contributed by atoms with Crippen molar-refractivity contribution >= 4 is 40.2 Å². The summed E-state index contributed by atoms with van der Waals surface area (Å²) in [5.74, 6) is 0.991. The fourth-order valence-electron chi connectivity index (χ4n) is 4.33. The molecule has 154 valence electrons. The lowest BCUT2D eigenvalue weighted by Gasteiger charge is -2.31. The van der Waals surface area contributed by atoms with Crippen LogP contribution in [-0.2, 0) is 4.79 Å². The minimum Gasteiger partial charge on any atom is -0.440 e. The Bertz CT molecular complexity index is 1080. The smallest absolute Gasteiger partial charge is 0.253 e. The van der Waals surface area contributed by atoms with Crippen LogP contribution < -0.4 is 4.90 Å². The summed E-state index contributed by atoms with van der Waals surface area (Å²) >= 11 is 6.32. The molecule has 0 atom stereocenters. The van der Waals surface area contributed by atoms with Gasteiger partial charge in [-0.15, -0.1) is 0 Å². The Labute approximate surface area is 179 Å². The Balaban J connectivity index is 1.29. The Morgan fingerprint density at radius 1 is 1.10 bits per heavy atom. The normalized spacial score (nSPS) is 17.8. The van der Waals surface area contributed by atoms with Crippen molar-refractivity contribution in [2.45, 2.75) is 31.6 Å². The molecule has 2 fully saturated rings. The minimum absolute atomic E-state index is 0.0319. The predicted molar refractivity (Wildman–Crippen MR) is 115 cm³/mol. The van der Waals surface area contributed by atoms with Gasteiger partial charge in [0.1, 0.15) is 5.52 Å². The van der Waals surface area contributed by atoms with E-state index in [-0.39, 0.29) is 17.7 Å². The Hall–Kier alpha value is -2.86. The zero-order valence-electron chi connectivity index (χ0n) is 16.5. The van der Waals surface area contributed by atoms with Gasteiger partial charge in [-0.05, 0) is 49.6 Å². The highest BCUT2D eigenvalue weighted by Crippen LogP contribution is 2.33. The molecule has 1 aromatic heterocycles. The maximum atomic E-state index is 13.1. The molecule has 3 heterocycles. The lowest BCUT2D eigenvalue weighted by Crippen LogP contribution is -2.38. The molecule has 2 aliphatic rings. The van der Waals surface area contributed by atoms with Crippen LogP contribution in [0.15, 0.2) is 46.9 Å². The van der Waals surface area contributed by atoms with Crippen LogP contribution in [0.2, 0.25) is 5.02 Å². The van der Waals surface area contributed by atoms with Crippen molar-refractivity contribution in [2.75, 3.05) is 24.5 Å². The van der Waals surface area contributed by atoms with Crippen molar-refractivity contribution in [3.63, 3.8) is 0 Å². The van der Waals surface area contributed by atoms with E-state index in [1.807, 2.05) is 29.2 Å². The fourth-order valence-corrected chi connectivity index (χ4v) is 4.55. The number of para-hydroxylation sites is 2. The molecule has 2 saturated heterocycles. The van der Waals surface area contributed by atoms with E-state index in [0.29, 0.717) is 42.3 Å². The van der Waals surface area contributed by atoms with Crippen molar-refractivity contribution in [1.29, 1.82) is 0 Å². The molecule has 6 nitrogen and oxygen atoms in total. The average molecular weight is 424 g/mol. The third-order valence-corrected chi connectivity index (χ3v) is 6.32. The first-order valence-corrected chi connectivity index (χ1v) is 10.7. The first kappa shape index (κ1) is 19.1. The molecule has 7 heteroatoms. The standard InChI is InChI=1S/C23H22ClN3O3/c24-17-8-7-16(14-19(17)27-11-3-6-21(27)28)23(29)26-12-9-15(10-13-26)22-25-18-4-1-2-5-20(18)30-22/h1-2,4-5,7-8,14-15H,3,6,9-13H2. The number of nitrogens with zero attached hydrogens (tertiary/aromatic N) is 3. The van der Waals surface area contributed by atoms with Gasteiger partial charge in [-0.3, -0.25) is 9.59 Å². The second kappa shape index (κ2) is 7.76. The molecule has 0 spiro atoms. The fraction of sp³-hybridized carbons (Fsp3) is 0.348. The van der Waals surface area contributed by atoms with Crippen LogP contribution in [0, 0.1) is 0 Å². The highest BCUT2D eigenvalue weighted by Gasteiger charge is 2.29. The molecular formula is C23H22ClN3O3. The van der Waals surface area contributed by atoms with E-state index in [4.69, 9.17) is 16.0 Å². The number of hydrogen-bond donors (Lipinski definition) is 0. The lowest BCUT2D eigenvalue weighted by molar-refractivity contribution is -0.117. The summed E-state index contributed by atoms with van der Waals surface area (Å²) in [7, 11) is 0. The number of fused-ring (bicyclic) bond motifs is 1. The van der Waals surface area contributed by atoms with Gasteiger partial charge < -0.3 is 14.2 Å². The summed E-state index contributed by atoms with van der Waals surface area (Å²) in [6.45, 7) is 1.93. The number of amides is 2. The second-order valence-electron chi connectivity index (χ2n) is 7.90. The SMILES string of the molecule is O=C(c1ccc(Cl)c(N2CCCC2=O)c1)N1CCC(c2nc3ccccc3o2)CC1. The number of carbonyl (C=O) groups excluding carboxylic acids is 2. The summed E-state index contributed by atoms with van der Waals surface area (Å²) < 4.78 is 5.92. The first-order chi connectivity index (χ1) is 14.6. The van der Waals surface area contributed by atoms with E-state index >= 15 is 0 Å². The molecule has 0 aliphatic carbocycles. The van der Waals surface area contributed by atoms with Gasteiger partial charge in [0.05, 0.1) is 10.7 Å². The number of halogens is 1. The van der Waals surface area contributed by atoms with Crippen LogP contribution in [-0.4, -0.2) is 41.3 Å². The molecule has 2 aliphatic heterocycles. The van der Waals surface area contributed by atoms with E-state index in [0.717, 1.165) is 36.3 Å². The van der Waals surface area contributed by atoms with E-state index in [9.17, 15) is 9.59 Å². The third-order valence-electron chi connectivity index (χ3n) is 6.00. The number of carbonyl (C=O) groups is 2. The van der Waals surface area contributed by atoms with Crippen LogP contribution in [0.1, 0.15) is 47.8 Å². The quantitative estimate of drug-likeness (QED) is 0.616. The highest BCUT2D eigenvalue weighted by atomic mass is 35.5. The van der Waals surface area contributed by atoms with Crippen molar-refractivity contribution in [3.05, 3.63) is 58.9 Å². The molecule has 0 bridgehead atoms. The lowest BCUT2D eigenvalue weighted by atomic mass is 9.96. The minimum atomic E-state index is -0.0319. The van der Waals surface area contributed by atoms with Gasteiger partial charge in [-0.2, -0.15) is 0 Å². The van der Waals surface area contributed by atoms with Crippen molar-refractivity contribution in [1.82, 2.24) is 9.88 Å². The predicted octanol–water partition coefficient (Wildman–Crippen LogP) is 4.63. The van der Waals surface area contributed by atoms with Gasteiger partial charge >= 0.3 is 0 Å². The molecule has 0 N–H and O–H groups in total. The molecule has 0 unspecified atom stereocenters. The molecular weight excluding hydrogens is 402 g/mol. The first-order valence-electron chi connectivity index (χ1n) is 10.3. The number of hydrogen-bond acceptors (Lipinski definition) is 4. The number of oxazole rings is 1. The number of piperidine rings is 1. The van der Waals surface area contributed by atoms with Gasteiger partial charge in [-0.25, -0.2) is 4.98 Å². The van der Waals surface area contributed by atoms with E-state index in [1.165, 1.54) is 0 Å². The molecule has 0 saturated carbocycles. The molecule has 2 amide bonds. The molecule has 0 radical (unpaired) electrons. The Morgan fingerprint density at radius 3 is 2.63 bits per heavy atom. The average Bonchev–Trinajstić information content (AvgIpc) is 3.40. The van der Waals surface area contributed by atoms with Gasteiger partial charge in [-0.1, -0.05) is 23.7 Å². The highest BCUT2D eigenvalue weighted by molar-refractivity contribution is 6.34. The summed E-state index contributed by atoms with van der Waals surface area (Å²) in [5, 5.41) is 0.497. The topological polar surface area (TPSA) is 66.7 Å². The van der Waals surface area contributed by atoms with Gasteiger partial charge in [0, 0.05) is 37.5 Å². The number of anilines is 1. The monoisotopic (exact) mass is 423 g/mol. The van der Waals surface area contributed by atoms with Gasteiger partial charge in [0.15, 0.2) is 11.5 Å². The van der Waals surface area contributed by atoms with Crippen molar-refractivity contribution in [2.24, 2.45) is 0 Å². The van der Waals surface area contributed by atoms with Crippen molar-refractivity contribution < 1.29 is 14.0 Å². The van der Waals surface area contributed by atoms with Crippen LogP contribution in [0.4, 0.5) is 5.69 Å². The second-order valence-corrected chi connectivity index (χ2v) is 8.31. The van der Waals surface area contributed by atoms with Gasteiger partial charge in [0.2, 0.25) is 5.91 Å². The number of aromatic nitrogens is 1. The van der Waals surface area contributed by atoms with E-state index in [2.05, 4.69) is 4.98 Å². The zero-order chi connectivity index (χ0) is 20.7. The Morgan fingerprint density at radius 2 is 1.90 bits per heavy atom. The number of benzene rings is 2. The number of likely N-dealkylation sites (tertiary alicyclic amines) is 1. The van der Waals surface area contributed by atoms with Crippen molar-refractivity contribution in [3.8, 4) is 0 Å². The van der Waals surface area contributed by atoms with Crippen LogP contribution in [0.3, 0.4) is 0 Å². The van der Waals surface area contributed by atoms with E-state index in [1.54, 1.807) is 23.1 Å². The summed E-state index contributed by atoms with van der Waals surface area (Å²) in [6, 6.07) is 13.0. The largest absolute Gasteiger partial charge is 0.440 e. The maximum Gasteiger partial charge on any atom is 0.253 e. The van der Waals surface area contributed by atoms with Crippen LogP contribution in [0.5, 0.6) is 0 Å². The molecule has 3 aromatic rings. The molecule has 5 rings (SSSR count). The van der Waals surface area contributed by atoms with Gasteiger partial charge in [0.25, 0.3) is 5.91 Å². The summed E-state index contributed by atoms with van der Waals surface area (Å²) in [5.41, 5.74) is 2.87. The van der Waals surface area contributed by atoms with E-state index < -0.39 is 0 Å². The summed E-state index contributed by atoms with van der Waals surface area (Å²) in [6.07, 6.45) is 2.96. The number of rotatable bonds is 3.